The van der Waals surface area contributed by atoms with Crippen molar-refractivity contribution < 1.29 is 34.2 Å². The van der Waals surface area contributed by atoms with Crippen molar-refractivity contribution in [2.75, 3.05) is 24.3 Å². The van der Waals surface area contributed by atoms with Crippen LogP contribution in [0.2, 0.25) is 0 Å². The van der Waals surface area contributed by atoms with E-state index >= 15 is 0 Å². The van der Waals surface area contributed by atoms with Crippen molar-refractivity contribution in [2.24, 2.45) is 5.16 Å². The van der Waals surface area contributed by atoms with E-state index in [1.807, 2.05) is 0 Å². The van der Waals surface area contributed by atoms with Gasteiger partial charge in [-0.1, -0.05) is 16.9 Å². The van der Waals surface area contributed by atoms with Crippen LogP contribution in [0.25, 0.3) is 0 Å². The van der Waals surface area contributed by atoms with Gasteiger partial charge in [0, 0.05) is 21.8 Å². The molecular weight excluding hydrogens is 565 g/mol. The highest BCUT2D eigenvalue weighted by atomic mass is 32.2. The van der Waals surface area contributed by atoms with Crippen LogP contribution in [0.3, 0.4) is 0 Å². The number of thiazole rings is 2. The number of aryl methyl sites for hydroxylation is 1. The minimum atomic E-state index is -1.25. The van der Waals surface area contributed by atoms with E-state index in [1.165, 1.54) is 52.3 Å². The average molecular weight is 585 g/mol. The van der Waals surface area contributed by atoms with Gasteiger partial charge < -0.3 is 26.1 Å². The van der Waals surface area contributed by atoms with Gasteiger partial charge in [0.15, 0.2) is 15.2 Å². The summed E-state index contributed by atoms with van der Waals surface area (Å²) in [7, 11) is 1.26. The third-order valence-corrected chi connectivity index (χ3v) is 9.65. The molecule has 0 saturated carbocycles. The molecule has 2 amide bonds. The first-order chi connectivity index (χ1) is 17.6. The molecule has 2 aromatic rings. The Kier molecular flexibility index (Phi) is 8.05. The molecule has 0 aromatic carbocycles. The van der Waals surface area contributed by atoms with Crippen molar-refractivity contribution in [3.63, 3.8) is 0 Å². The Labute approximate surface area is 226 Å². The summed E-state index contributed by atoms with van der Waals surface area (Å²) in [6, 6.07) is -0.959. The van der Waals surface area contributed by atoms with Crippen LogP contribution >= 0.6 is 46.2 Å². The maximum atomic E-state index is 13.0. The third kappa shape index (κ3) is 5.58. The summed E-state index contributed by atoms with van der Waals surface area (Å²) in [6.07, 6.45) is -0.132. The summed E-state index contributed by atoms with van der Waals surface area (Å²) in [6.45, 7) is 1.72. The molecule has 0 aliphatic carbocycles. The van der Waals surface area contributed by atoms with Crippen molar-refractivity contribution >= 4 is 80.8 Å². The molecule has 2 aliphatic heterocycles. The zero-order valence-electron chi connectivity index (χ0n) is 19.3. The number of fused-ring (bicyclic) bond motifs is 1. The molecule has 17 heteroatoms. The van der Waals surface area contributed by atoms with E-state index in [1.54, 1.807) is 6.92 Å². The fraction of sp³-hybridized carbons (Fsp3) is 0.350. The largest absolute Gasteiger partial charge is 0.481 e. The van der Waals surface area contributed by atoms with Gasteiger partial charge >= 0.3 is 11.9 Å². The van der Waals surface area contributed by atoms with Crippen LogP contribution < -0.4 is 11.1 Å². The highest BCUT2D eigenvalue weighted by Crippen LogP contribution is 2.42. The van der Waals surface area contributed by atoms with Crippen LogP contribution in [0.15, 0.2) is 26.1 Å². The number of thioether (sulfide) groups is 2. The Hall–Kier alpha value is -3.15. The second-order valence-electron chi connectivity index (χ2n) is 7.66. The fourth-order valence-corrected chi connectivity index (χ4v) is 7.87. The predicted octanol–water partition coefficient (Wildman–Crippen LogP) is 0.999. The number of β-lactam (4-membered cyclic amide) rings is 1. The number of nitrogens with zero attached hydrogens (tertiary/aromatic N) is 4. The SMILES string of the molecule is CO/N=C(/C(=O)N[C@H]1C(=O)N2C(C(=O)O)=C(CSc3nc(C)c(CC(=O)O)s3)CS[C@H]12)c1csc(N)n1. The van der Waals surface area contributed by atoms with Crippen LogP contribution in [0.4, 0.5) is 5.13 Å². The molecule has 196 valence electrons. The van der Waals surface area contributed by atoms with Gasteiger partial charge in [0.2, 0.25) is 0 Å². The van der Waals surface area contributed by atoms with Crippen molar-refractivity contribution in [1.82, 2.24) is 20.2 Å². The first-order valence-electron chi connectivity index (χ1n) is 10.4. The Bertz CT molecular complexity index is 1340. The summed E-state index contributed by atoms with van der Waals surface area (Å²) in [5, 5.41) is 26.3. The molecule has 37 heavy (non-hydrogen) atoms. The van der Waals surface area contributed by atoms with Crippen molar-refractivity contribution in [3.05, 3.63) is 32.9 Å². The summed E-state index contributed by atoms with van der Waals surface area (Å²) in [5.74, 6) is -2.89. The summed E-state index contributed by atoms with van der Waals surface area (Å²) in [5.41, 5.74) is 6.70. The standard InChI is InChI=1S/C20H20N6O7S4/c1-7-10(3-11(27)28)37-20(22-7)36-5-8-4-34-17-13(16(30)26(17)14(8)18(31)32)24-15(29)12(25-33-2)9-6-35-19(21)23-9/h6,13,17H,3-5H2,1-2H3,(H2,21,23)(H,24,29)(H,27,28)(H,31,32)/b25-12+/t13-,17+/m0/s1. The Morgan fingerprint density at radius 3 is 2.73 bits per heavy atom. The van der Waals surface area contributed by atoms with E-state index in [4.69, 9.17) is 15.7 Å². The van der Waals surface area contributed by atoms with Crippen LogP contribution in [-0.4, -0.2) is 84.6 Å². The maximum absolute atomic E-state index is 13.0. The number of nitrogens with one attached hydrogen (secondary N) is 1. The summed E-state index contributed by atoms with van der Waals surface area (Å²) in [4.78, 5) is 63.9. The number of nitrogen functional groups attached to an aromatic ring is 1. The number of amides is 2. The Morgan fingerprint density at radius 2 is 2.11 bits per heavy atom. The van der Waals surface area contributed by atoms with Gasteiger partial charge in [0.1, 0.15) is 29.9 Å². The first-order valence-corrected chi connectivity index (χ1v) is 14.2. The van der Waals surface area contributed by atoms with E-state index in [0.29, 0.717) is 26.2 Å². The molecule has 0 radical (unpaired) electrons. The summed E-state index contributed by atoms with van der Waals surface area (Å²) < 4.78 is 0.617. The molecular formula is C20H20N6O7S4. The lowest BCUT2D eigenvalue weighted by Crippen LogP contribution is -2.71. The number of carboxylic acids is 2. The quantitative estimate of drug-likeness (QED) is 0.134. The Balaban J connectivity index is 1.47. The molecule has 0 bridgehead atoms. The average Bonchev–Trinajstić information content (AvgIpc) is 3.42. The molecule has 4 rings (SSSR count). The maximum Gasteiger partial charge on any atom is 0.352 e. The third-order valence-electron chi connectivity index (χ3n) is 5.25. The molecule has 13 nitrogen and oxygen atoms in total. The van der Waals surface area contributed by atoms with Gasteiger partial charge in [-0.3, -0.25) is 19.3 Å². The van der Waals surface area contributed by atoms with Gasteiger partial charge in [-0.15, -0.1) is 34.4 Å². The molecule has 1 saturated heterocycles. The molecule has 2 aromatic heterocycles. The lowest BCUT2D eigenvalue weighted by molar-refractivity contribution is -0.150. The monoisotopic (exact) mass is 584 g/mol. The number of aromatic nitrogens is 2. The molecule has 5 N–H and O–H groups in total. The zero-order valence-corrected chi connectivity index (χ0v) is 22.6. The number of hydrogen-bond acceptors (Lipinski definition) is 13. The number of nitrogens with two attached hydrogens (primary N) is 1. The van der Waals surface area contributed by atoms with E-state index in [-0.39, 0.29) is 34.4 Å². The smallest absolute Gasteiger partial charge is 0.352 e. The van der Waals surface area contributed by atoms with E-state index in [9.17, 15) is 24.3 Å². The zero-order chi connectivity index (χ0) is 26.9. The van der Waals surface area contributed by atoms with Gasteiger partial charge in [-0.2, -0.15) is 0 Å². The molecule has 0 unspecified atom stereocenters. The van der Waals surface area contributed by atoms with Crippen LogP contribution in [-0.2, 0) is 30.4 Å². The lowest BCUT2D eigenvalue weighted by Gasteiger charge is -2.49. The first kappa shape index (κ1) is 26.9. The van der Waals surface area contributed by atoms with Gasteiger partial charge in [-0.05, 0) is 12.5 Å². The minimum Gasteiger partial charge on any atom is -0.481 e. The molecule has 2 aliphatic rings. The Morgan fingerprint density at radius 1 is 1.35 bits per heavy atom. The number of carboxylic acid groups (broad SMARTS) is 2. The lowest BCUT2D eigenvalue weighted by atomic mass is 10.0. The summed E-state index contributed by atoms with van der Waals surface area (Å²) >= 11 is 4.98. The van der Waals surface area contributed by atoms with E-state index in [0.717, 1.165) is 11.3 Å². The topological polar surface area (TPSA) is 197 Å². The highest BCUT2D eigenvalue weighted by molar-refractivity contribution is 8.01. The molecule has 2 atom stereocenters. The predicted molar refractivity (Wildman–Crippen MR) is 139 cm³/mol. The van der Waals surface area contributed by atoms with Crippen LogP contribution in [0.1, 0.15) is 16.3 Å². The molecule has 0 spiro atoms. The number of anilines is 1. The number of hydrogen-bond donors (Lipinski definition) is 4. The van der Waals surface area contributed by atoms with E-state index in [2.05, 4.69) is 20.4 Å². The van der Waals surface area contributed by atoms with Crippen molar-refractivity contribution in [1.29, 1.82) is 0 Å². The normalized spacial score (nSPS) is 19.4. The van der Waals surface area contributed by atoms with E-state index < -0.39 is 35.2 Å². The van der Waals surface area contributed by atoms with Crippen LogP contribution in [0, 0.1) is 6.92 Å². The fourth-order valence-electron chi connectivity index (χ4n) is 3.61. The highest BCUT2D eigenvalue weighted by Gasteiger charge is 2.54. The van der Waals surface area contributed by atoms with Crippen molar-refractivity contribution in [2.45, 2.75) is 29.1 Å². The second kappa shape index (κ2) is 11.1. The van der Waals surface area contributed by atoms with Gasteiger partial charge in [-0.25, -0.2) is 14.8 Å². The van der Waals surface area contributed by atoms with Crippen molar-refractivity contribution in [3.8, 4) is 0 Å². The number of aliphatic carboxylic acids is 2. The van der Waals surface area contributed by atoms with Gasteiger partial charge in [0.05, 0.1) is 12.1 Å². The van der Waals surface area contributed by atoms with Crippen LogP contribution in [0.5, 0.6) is 0 Å². The minimum absolute atomic E-state index is 0.121. The molecule has 4 heterocycles. The number of carbonyl (C=O) groups excluding carboxylic acids is 2. The second-order valence-corrected chi connectivity index (χ2v) is 12.0. The number of oxime groups is 1. The number of carbonyl (C=O) groups is 4. The molecule has 1 fully saturated rings. The number of rotatable bonds is 10. The van der Waals surface area contributed by atoms with Gasteiger partial charge in [0.25, 0.3) is 11.8 Å².